The fourth-order valence-electron chi connectivity index (χ4n) is 3.31. The molecule has 0 radical (unpaired) electrons. The number of anilines is 1. The number of hydrogen-bond donors (Lipinski definition) is 1. The lowest BCUT2D eigenvalue weighted by Crippen LogP contribution is -2.23. The summed E-state index contributed by atoms with van der Waals surface area (Å²) in [5.41, 5.74) is 2.79. The number of carbonyl (C=O) groups is 1. The molecule has 1 atom stereocenters. The Balaban J connectivity index is 1.81. The molecule has 0 saturated carbocycles. The van der Waals surface area contributed by atoms with E-state index >= 15 is 0 Å². The van der Waals surface area contributed by atoms with Crippen molar-refractivity contribution in [3.63, 3.8) is 0 Å². The molecule has 2 aromatic carbocycles. The van der Waals surface area contributed by atoms with Crippen LogP contribution in [0.5, 0.6) is 0 Å². The first-order valence-electron chi connectivity index (χ1n) is 7.78. The Morgan fingerprint density at radius 1 is 1.21 bits per heavy atom. The van der Waals surface area contributed by atoms with E-state index in [2.05, 4.69) is 39.4 Å². The van der Waals surface area contributed by atoms with Gasteiger partial charge in [-0.15, -0.1) is 0 Å². The number of aromatic nitrogens is 1. The Hall–Kier alpha value is -2.15. The first-order valence-corrected chi connectivity index (χ1v) is 8.86. The van der Waals surface area contributed by atoms with Gasteiger partial charge in [-0.2, -0.15) is 0 Å². The predicted molar refractivity (Wildman–Crippen MR) is 104 cm³/mol. The minimum atomic E-state index is -0.364. The second-order valence-electron chi connectivity index (χ2n) is 6.11. The molecule has 1 aliphatic heterocycles. The Morgan fingerprint density at radius 2 is 1.96 bits per heavy atom. The maximum Gasteiger partial charge on any atom is 0.261 e. The van der Waals surface area contributed by atoms with E-state index in [9.17, 15) is 9.59 Å². The molecule has 0 saturated heterocycles. The molecule has 24 heavy (non-hydrogen) atoms. The van der Waals surface area contributed by atoms with Gasteiger partial charge in [0.1, 0.15) is 5.56 Å². The van der Waals surface area contributed by atoms with E-state index in [0.717, 1.165) is 15.5 Å². The predicted octanol–water partition coefficient (Wildman–Crippen LogP) is 3.98. The fourth-order valence-corrected chi connectivity index (χ4v) is 3.67. The fraction of sp³-hybridized carbons (Fsp3) is 0.158. The van der Waals surface area contributed by atoms with Crippen LogP contribution < -0.4 is 10.7 Å². The van der Waals surface area contributed by atoms with Crippen molar-refractivity contribution in [3.05, 3.63) is 73.6 Å². The van der Waals surface area contributed by atoms with Crippen LogP contribution >= 0.6 is 22.6 Å². The highest BCUT2D eigenvalue weighted by Crippen LogP contribution is 2.30. The molecule has 0 fully saturated rings. The van der Waals surface area contributed by atoms with E-state index in [-0.39, 0.29) is 22.9 Å². The van der Waals surface area contributed by atoms with Gasteiger partial charge in [0.15, 0.2) is 0 Å². The summed E-state index contributed by atoms with van der Waals surface area (Å²) in [4.78, 5) is 25.4. The standard InChI is InChI=1S/C19H15IN2O2/c1-11-9-12-3-2-4-15-17(12)22(11)10-16(18(15)23)19(24)21-14-7-5-13(20)6-8-14/h2-8,10-11H,9H2,1H3,(H,21,24). The van der Waals surface area contributed by atoms with Crippen molar-refractivity contribution in [2.24, 2.45) is 0 Å². The van der Waals surface area contributed by atoms with Crippen LogP contribution in [0.25, 0.3) is 10.9 Å². The molecule has 1 N–H and O–H groups in total. The first kappa shape index (κ1) is 15.4. The molecule has 120 valence electrons. The lowest BCUT2D eigenvalue weighted by Gasteiger charge is -2.12. The van der Waals surface area contributed by atoms with Crippen LogP contribution in [-0.2, 0) is 6.42 Å². The number of nitrogens with one attached hydrogen (secondary N) is 1. The largest absolute Gasteiger partial charge is 0.343 e. The summed E-state index contributed by atoms with van der Waals surface area (Å²) >= 11 is 2.21. The van der Waals surface area contributed by atoms with Crippen LogP contribution in [0, 0.1) is 3.57 Å². The minimum Gasteiger partial charge on any atom is -0.343 e. The molecular weight excluding hydrogens is 415 g/mol. The van der Waals surface area contributed by atoms with Crippen molar-refractivity contribution in [1.82, 2.24) is 4.57 Å². The summed E-state index contributed by atoms with van der Waals surface area (Å²) in [6, 6.07) is 13.5. The number of nitrogens with zero attached hydrogens (tertiary/aromatic N) is 1. The van der Waals surface area contributed by atoms with E-state index in [1.54, 1.807) is 12.3 Å². The molecular formula is C19H15IN2O2. The topological polar surface area (TPSA) is 51.1 Å². The van der Waals surface area contributed by atoms with Crippen LogP contribution in [0.2, 0.25) is 0 Å². The molecule has 0 bridgehead atoms. The van der Waals surface area contributed by atoms with Gasteiger partial charge >= 0.3 is 0 Å². The number of carbonyl (C=O) groups excluding carboxylic acids is 1. The zero-order valence-electron chi connectivity index (χ0n) is 13.0. The average Bonchev–Trinajstić information content (AvgIpc) is 2.89. The highest BCUT2D eigenvalue weighted by atomic mass is 127. The lowest BCUT2D eigenvalue weighted by molar-refractivity contribution is 0.102. The van der Waals surface area contributed by atoms with Crippen LogP contribution in [-0.4, -0.2) is 10.5 Å². The van der Waals surface area contributed by atoms with Crippen LogP contribution in [0.15, 0.2) is 53.5 Å². The van der Waals surface area contributed by atoms with E-state index in [1.165, 1.54) is 5.56 Å². The molecule has 1 aromatic heterocycles. The maximum atomic E-state index is 12.8. The third-order valence-corrected chi connectivity index (χ3v) is 5.19. The molecule has 2 heterocycles. The van der Waals surface area contributed by atoms with Crippen molar-refractivity contribution in [3.8, 4) is 0 Å². The Labute approximate surface area is 152 Å². The normalized spacial score (nSPS) is 15.7. The average molecular weight is 430 g/mol. The van der Waals surface area contributed by atoms with E-state index in [1.807, 2.05) is 36.4 Å². The smallest absolute Gasteiger partial charge is 0.261 e. The van der Waals surface area contributed by atoms with Crippen molar-refractivity contribution >= 4 is 45.1 Å². The van der Waals surface area contributed by atoms with Crippen LogP contribution in [0.3, 0.4) is 0 Å². The lowest BCUT2D eigenvalue weighted by atomic mass is 10.1. The van der Waals surface area contributed by atoms with Gasteiger partial charge in [-0.05, 0) is 71.8 Å². The number of rotatable bonds is 2. The summed E-state index contributed by atoms with van der Waals surface area (Å²) in [6.07, 6.45) is 2.59. The maximum absolute atomic E-state index is 12.8. The summed E-state index contributed by atoms with van der Waals surface area (Å²) in [6.45, 7) is 2.10. The number of pyridine rings is 1. The summed E-state index contributed by atoms with van der Waals surface area (Å²) in [7, 11) is 0. The Kier molecular flexibility index (Phi) is 3.68. The van der Waals surface area contributed by atoms with Crippen molar-refractivity contribution in [2.75, 3.05) is 5.32 Å². The van der Waals surface area contributed by atoms with Gasteiger partial charge in [0.05, 0.1) is 5.52 Å². The summed E-state index contributed by atoms with van der Waals surface area (Å²) in [5, 5.41) is 3.44. The molecule has 0 aliphatic carbocycles. The monoisotopic (exact) mass is 430 g/mol. The third-order valence-electron chi connectivity index (χ3n) is 4.47. The zero-order valence-corrected chi connectivity index (χ0v) is 15.2. The minimum absolute atomic E-state index is 0.187. The number of benzene rings is 2. The number of para-hydroxylation sites is 1. The molecule has 1 aliphatic rings. The van der Waals surface area contributed by atoms with Crippen LogP contribution in [0.4, 0.5) is 5.69 Å². The van der Waals surface area contributed by atoms with Gasteiger partial charge in [0.2, 0.25) is 5.43 Å². The highest BCUT2D eigenvalue weighted by molar-refractivity contribution is 14.1. The quantitative estimate of drug-likeness (QED) is 0.626. The molecule has 3 aromatic rings. The number of amides is 1. The van der Waals surface area contributed by atoms with Gasteiger partial charge in [-0.3, -0.25) is 9.59 Å². The molecule has 0 spiro atoms. The van der Waals surface area contributed by atoms with E-state index < -0.39 is 0 Å². The third kappa shape index (κ3) is 2.43. The molecule has 4 nitrogen and oxygen atoms in total. The van der Waals surface area contributed by atoms with E-state index in [0.29, 0.717) is 11.1 Å². The van der Waals surface area contributed by atoms with Gasteiger partial charge in [-0.25, -0.2) is 0 Å². The van der Waals surface area contributed by atoms with E-state index in [4.69, 9.17) is 0 Å². The second kappa shape index (κ2) is 5.73. The van der Waals surface area contributed by atoms with Crippen molar-refractivity contribution in [1.29, 1.82) is 0 Å². The molecule has 1 unspecified atom stereocenters. The van der Waals surface area contributed by atoms with Crippen molar-refractivity contribution in [2.45, 2.75) is 19.4 Å². The number of hydrogen-bond acceptors (Lipinski definition) is 2. The van der Waals surface area contributed by atoms with Gasteiger partial charge in [0.25, 0.3) is 5.91 Å². The summed E-state index contributed by atoms with van der Waals surface area (Å²) in [5.74, 6) is -0.364. The van der Waals surface area contributed by atoms with Gasteiger partial charge in [0, 0.05) is 26.9 Å². The number of halogens is 1. The zero-order chi connectivity index (χ0) is 16.8. The first-order chi connectivity index (χ1) is 11.5. The Bertz CT molecular complexity index is 1020. The molecule has 5 heteroatoms. The van der Waals surface area contributed by atoms with Gasteiger partial charge < -0.3 is 9.88 Å². The molecule has 1 amide bonds. The molecule has 4 rings (SSSR count). The van der Waals surface area contributed by atoms with Gasteiger partial charge in [-0.1, -0.05) is 12.1 Å². The van der Waals surface area contributed by atoms with Crippen molar-refractivity contribution < 1.29 is 4.79 Å². The second-order valence-corrected chi connectivity index (χ2v) is 7.35. The highest BCUT2D eigenvalue weighted by Gasteiger charge is 2.24. The summed E-state index contributed by atoms with van der Waals surface area (Å²) < 4.78 is 3.14. The Morgan fingerprint density at radius 3 is 2.71 bits per heavy atom. The SMILES string of the molecule is CC1Cc2cccc3c(=O)c(C(=O)Nc4ccc(I)cc4)cn1c23. The van der Waals surface area contributed by atoms with Crippen LogP contribution in [0.1, 0.15) is 28.9 Å².